The van der Waals surface area contributed by atoms with Gasteiger partial charge < -0.3 is 15.0 Å². The molecule has 1 aliphatic rings. The van der Waals surface area contributed by atoms with Crippen LogP contribution in [0.5, 0.6) is 0 Å². The monoisotopic (exact) mass is 335 g/mol. The molecule has 1 aromatic rings. The van der Waals surface area contributed by atoms with Crippen LogP contribution in [-0.2, 0) is 4.74 Å². The molecular formula is C19H31N2O3+. The molecule has 0 radical (unpaired) electrons. The second-order valence-electron chi connectivity index (χ2n) is 7.12. The fourth-order valence-electron chi connectivity index (χ4n) is 3.82. The zero-order valence-corrected chi connectivity index (χ0v) is 15.6. The van der Waals surface area contributed by atoms with Crippen molar-refractivity contribution in [3.63, 3.8) is 0 Å². The van der Waals surface area contributed by atoms with Gasteiger partial charge in [-0.15, -0.1) is 0 Å². The standard InChI is InChI=1S/C19H30N2O3/c1-6-24-19(23)16-12(3)17(21-13(16)4)18(22)14(5)20-15-10-8-7-9-11(15)2/h11,14-15,20-21H,6-10H2,1-5H3/p+1/t11-,14-,15+/m0/s1. The van der Waals surface area contributed by atoms with E-state index in [0.717, 1.165) is 0 Å². The molecule has 1 heterocycles. The summed E-state index contributed by atoms with van der Waals surface area (Å²) < 4.78 is 5.10. The summed E-state index contributed by atoms with van der Waals surface area (Å²) in [7, 11) is 0. The van der Waals surface area contributed by atoms with Gasteiger partial charge in [0.15, 0.2) is 0 Å². The minimum Gasteiger partial charge on any atom is -0.462 e. The lowest BCUT2D eigenvalue weighted by molar-refractivity contribution is -0.713. The molecule has 5 heteroatoms. The Bertz CT molecular complexity index is 606. The van der Waals surface area contributed by atoms with Crippen molar-refractivity contribution in [1.29, 1.82) is 0 Å². The van der Waals surface area contributed by atoms with Crippen LogP contribution in [0.15, 0.2) is 0 Å². The summed E-state index contributed by atoms with van der Waals surface area (Å²) in [6.45, 7) is 9.98. The van der Waals surface area contributed by atoms with E-state index in [9.17, 15) is 9.59 Å². The van der Waals surface area contributed by atoms with Crippen LogP contribution in [0.4, 0.5) is 0 Å². The fraction of sp³-hybridized carbons (Fsp3) is 0.684. The van der Waals surface area contributed by atoms with E-state index in [1.807, 2.05) is 20.8 Å². The zero-order valence-electron chi connectivity index (χ0n) is 15.6. The van der Waals surface area contributed by atoms with Gasteiger partial charge in [0.2, 0.25) is 5.78 Å². The van der Waals surface area contributed by atoms with E-state index < -0.39 is 0 Å². The number of esters is 1. The number of aromatic nitrogens is 1. The smallest absolute Gasteiger partial charge is 0.340 e. The number of ketones is 1. The van der Waals surface area contributed by atoms with Crippen LogP contribution in [-0.4, -0.2) is 35.4 Å². The zero-order chi connectivity index (χ0) is 17.9. The number of ether oxygens (including phenoxy) is 1. The van der Waals surface area contributed by atoms with Crippen LogP contribution in [0, 0.1) is 19.8 Å². The Labute approximate surface area is 144 Å². The van der Waals surface area contributed by atoms with Crippen molar-refractivity contribution in [3.8, 4) is 0 Å². The average molecular weight is 335 g/mol. The van der Waals surface area contributed by atoms with E-state index in [-0.39, 0.29) is 17.8 Å². The van der Waals surface area contributed by atoms with E-state index in [2.05, 4.69) is 17.2 Å². The van der Waals surface area contributed by atoms with Gasteiger partial charge in [-0.3, -0.25) is 4.79 Å². The van der Waals surface area contributed by atoms with Gasteiger partial charge in [-0.25, -0.2) is 4.79 Å². The lowest BCUT2D eigenvalue weighted by Gasteiger charge is -2.28. The third kappa shape index (κ3) is 3.89. The summed E-state index contributed by atoms with van der Waals surface area (Å²) in [6.07, 6.45) is 4.97. The van der Waals surface area contributed by atoms with Gasteiger partial charge in [-0.1, -0.05) is 13.3 Å². The topological polar surface area (TPSA) is 75.8 Å². The van der Waals surface area contributed by atoms with E-state index >= 15 is 0 Å². The van der Waals surface area contributed by atoms with Crippen molar-refractivity contribution in [2.75, 3.05) is 6.61 Å². The first-order chi connectivity index (χ1) is 11.4. The first-order valence-electron chi connectivity index (χ1n) is 9.12. The minimum absolute atomic E-state index is 0.0592. The second kappa shape index (κ2) is 7.97. The molecule has 0 amide bonds. The molecule has 24 heavy (non-hydrogen) atoms. The van der Waals surface area contributed by atoms with Gasteiger partial charge in [0, 0.05) is 11.6 Å². The van der Waals surface area contributed by atoms with Crippen LogP contribution in [0.25, 0.3) is 0 Å². The van der Waals surface area contributed by atoms with Crippen molar-refractivity contribution in [2.24, 2.45) is 5.92 Å². The summed E-state index contributed by atoms with van der Waals surface area (Å²) in [6, 6.07) is 0.362. The number of nitrogens with two attached hydrogens (primary N) is 1. The number of aromatic amines is 1. The number of carbonyl (C=O) groups is 2. The highest BCUT2D eigenvalue weighted by Crippen LogP contribution is 2.22. The lowest BCUT2D eigenvalue weighted by Crippen LogP contribution is -2.97. The van der Waals surface area contributed by atoms with Crippen molar-refractivity contribution in [3.05, 3.63) is 22.5 Å². The van der Waals surface area contributed by atoms with Gasteiger partial charge in [-0.05, 0) is 52.5 Å². The van der Waals surface area contributed by atoms with Crippen molar-refractivity contribution in [1.82, 2.24) is 4.98 Å². The van der Waals surface area contributed by atoms with Gasteiger partial charge >= 0.3 is 5.97 Å². The Morgan fingerprint density at radius 3 is 2.58 bits per heavy atom. The summed E-state index contributed by atoms with van der Waals surface area (Å²) >= 11 is 0. The molecule has 1 saturated carbocycles. The molecule has 1 fully saturated rings. The number of carbonyl (C=O) groups excluding carboxylic acids is 2. The molecule has 134 valence electrons. The summed E-state index contributed by atoms with van der Waals surface area (Å²) in [5.41, 5.74) is 2.45. The molecule has 0 aromatic carbocycles. The molecule has 1 aliphatic carbocycles. The number of quaternary nitrogens is 1. The van der Waals surface area contributed by atoms with Crippen molar-refractivity contribution >= 4 is 11.8 Å². The molecule has 0 spiro atoms. The summed E-state index contributed by atoms with van der Waals surface area (Å²) in [5, 5.41) is 2.21. The number of nitrogens with one attached hydrogen (secondary N) is 1. The quantitative estimate of drug-likeness (QED) is 0.619. The number of Topliss-reactive ketones (excluding diaryl/α,β-unsaturated/α-hetero) is 1. The van der Waals surface area contributed by atoms with Crippen LogP contribution in [0.2, 0.25) is 0 Å². The Morgan fingerprint density at radius 1 is 1.29 bits per heavy atom. The number of rotatable bonds is 6. The van der Waals surface area contributed by atoms with Crippen LogP contribution in [0.1, 0.15) is 78.6 Å². The highest BCUT2D eigenvalue weighted by molar-refractivity contribution is 6.03. The number of aryl methyl sites for hydroxylation is 1. The highest BCUT2D eigenvalue weighted by atomic mass is 16.5. The van der Waals surface area contributed by atoms with Gasteiger partial charge in [0.05, 0.1) is 23.9 Å². The highest BCUT2D eigenvalue weighted by Gasteiger charge is 2.31. The molecule has 3 atom stereocenters. The predicted molar refractivity (Wildman–Crippen MR) is 93.4 cm³/mol. The molecule has 5 nitrogen and oxygen atoms in total. The molecule has 0 saturated heterocycles. The normalized spacial score (nSPS) is 22.2. The first-order valence-corrected chi connectivity index (χ1v) is 9.12. The number of hydrogen-bond acceptors (Lipinski definition) is 3. The lowest BCUT2D eigenvalue weighted by atomic mass is 9.85. The van der Waals surface area contributed by atoms with Crippen molar-refractivity contribution < 1.29 is 19.6 Å². The van der Waals surface area contributed by atoms with E-state index in [4.69, 9.17) is 4.74 Å². The Kier molecular flexibility index (Phi) is 6.21. The molecule has 0 unspecified atom stereocenters. The minimum atomic E-state index is -0.361. The average Bonchev–Trinajstić information content (AvgIpc) is 2.83. The third-order valence-electron chi connectivity index (χ3n) is 5.29. The second-order valence-corrected chi connectivity index (χ2v) is 7.12. The summed E-state index contributed by atoms with van der Waals surface area (Å²) in [5.74, 6) is 0.347. The van der Waals surface area contributed by atoms with Gasteiger partial charge in [-0.2, -0.15) is 0 Å². The predicted octanol–water partition coefficient (Wildman–Crippen LogP) is 2.52. The molecular weight excluding hydrogens is 304 g/mol. The Balaban J connectivity index is 2.14. The van der Waals surface area contributed by atoms with Gasteiger partial charge in [0.25, 0.3) is 0 Å². The third-order valence-corrected chi connectivity index (χ3v) is 5.29. The Hall–Kier alpha value is -1.62. The maximum absolute atomic E-state index is 12.9. The molecule has 0 aliphatic heterocycles. The molecule has 0 bridgehead atoms. The van der Waals surface area contributed by atoms with E-state index in [1.165, 1.54) is 25.7 Å². The fourth-order valence-corrected chi connectivity index (χ4v) is 3.82. The number of hydrogen-bond donors (Lipinski definition) is 2. The largest absolute Gasteiger partial charge is 0.462 e. The van der Waals surface area contributed by atoms with Gasteiger partial charge in [0.1, 0.15) is 6.04 Å². The molecule has 3 N–H and O–H groups in total. The van der Waals surface area contributed by atoms with Crippen LogP contribution < -0.4 is 5.32 Å². The van der Waals surface area contributed by atoms with E-state index in [1.54, 1.807) is 6.92 Å². The summed E-state index contributed by atoms with van der Waals surface area (Å²) in [4.78, 5) is 28.1. The maximum atomic E-state index is 12.9. The first kappa shape index (κ1) is 18.7. The van der Waals surface area contributed by atoms with Crippen LogP contribution in [0.3, 0.4) is 0 Å². The molecule has 2 rings (SSSR count). The van der Waals surface area contributed by atoms with E-state index in [0.29, 0.717) is 41.1 Å². The molecule has 1 aromatic heterocycles. The van der Waals surface area contributed by atoms with Crippen LogP contribution >= 0.6 is 0 Å². The SMILES string of the molecule is CCOC(=O)c1c(C)[nH]c(C(=O)[C@H](C)[NH2+][C@@H]2CCCC[C@@H]2C)c1C. The Morgan fingerprint density at radius 2 is 1.96 bits per heavy atom. The number of H-pyrrole nitrogens is 1. The van der Waals surface area contributed by atoms with Crippen molar-refractivity contribution in [2.45, 2.75) is 72.4 Å². The maximum Gasteiger partial charge on any atom is 0.340 e.